The van der Waals surface area contributed by atoms with E-state index in [-0.39, 0.29) is 5.56 Å². The second kappa shape index (κ2) is 6.77. The Bertz CT molecular complexity index is 836. The maximum absolute atomic E-state index is 12.1. The number of benzene rings is 2. The standard InChI is InChI=1S/C16H12ClN3OS/c17-13-8-4-5-11(9-13)10-22-16-18-15(21)14(19-20-16)12-6-2-1-3-7-12/h1-9H,10H2,(H,18,20,21). The summed E-state index contributed by atoms with van der Waals surface area (Å²) in [6.07, 6.45) is 0. The first-order chi connectivity index (χ1) is 10.7. The van der Waals surface area contributed by atoms with Crippen LogP contribution in [0.1, 0.15) is 5.56 Å². The lowest BCUT2D eigenvalue weighted by Crippen LogP contribution is -2.14. The van der Waals surface area contributed by atoms with Crippen LogP contribution in [-0.4, -0.2) is 15.2 Å². The number of nitrogens with one attached hydrogen (secondary N) is 1. The zero-order chi connectivity index (χ0) is 15.4. The molecule has 0 atom stereocenters. The second-order valence-electron chi connectivity index (χ2n) is 4.59. The molecule has 0 aliphatic heterocycles. The van der Waals surface area contributed by atoms with Crippen molar-refractivity contribution in [3.8, 4) is 11.3 Å². The summed E-state index contributed by atoms with van der Waals surface area (Å²) in [5.74, 6) is 0.663. The van der Waals surface area contributed by atoms with Crippen molar-refractivity contribution < 1.29 is 0 Å². The van der Waals surface area contributed by atoms with Crippen LogP contribution in [-0.2, 0) is 5.75 Å². The van der Waals surface area contributed by atoms with Gasteiger partial charge in [-0.25, -0.2) is 0 Å². The Balaban J connectivity index is 1.77. The fourth-order valence-corrected chi connectivity index (χ4v) is 2.91. The van der Waals surface area contributed by atoms with Crippen molar-refractivity contribution in [1.29, 1.82) is 0 Å². The van der Waals surface area contributed by atoms with E-state index in [1.54, 1.807) is 0 Å². The summed E-state index contributed by atoms with van der Waals surface area (Å²) in [5.41, 5.74) is 1.90. The summed E-state index contributed by atoms with van der Waals surface area (Å²) in [5, 5.41) is 9.30. The lowest BCUT2D eigenvalue weighted by molar-refractivity contribution is 0.824. The Kier molecular flexibility index (Phi) is 4.56. The smallest absolute Gasteiger partial charge is 0.278 e. The summed E-state index contributed by atoms with van der Waals surface area (Å²) in [6, 6.07) is 16.9. The van der Waals surface area contributed by atoms with Crippen molar-refractivity contribution in [1.82, 2.24) is 15.2 Å². The molecule has 110 valence electrons. The third-order valence-corrected chi connectivity index (χ3v) is 4.16. The highest BCUT2D eigenvalue weighted by atomic mass is 35.5. The fraction of sp³-hybridized carbons (Fsp3) is 0.0625. The molecule has 22 heavy (non-hydrogen) atoms. The molecule has 1 N–H and O–H groups in total. The Labute approximate surface area is 136 Å². The highest BCUT2D eigenvalue weighted by Crippen LogP contribution is 2.20. The zero-order valence-corrected chi connectivity index (χ0v) is 13.1. The van der Waals surface area contributed by atoms with Crippen molar-refractivity contribution in [2.75, 3.05) is 0 Å². The molecule has 0 aliphatic rings. The average molecular weight is 330 g/mol. The molecule has 0 amide bonds. The van der Waals surface area contributed by atoms with Gasteiger partial charge in [0.05, 0.1) is 0 Å². The van der Waals surface area contributed by atoms with E-state index in [2.05, 4.69) is 15.2 Å². The number of hydrogen-bond acceptors (Lipinski definition) is 4. The van der Waals surface area contributed by atoms with Gasteiger partial charge in [0.15, 0.2) is 10.9 Å². The van der Waals surface area contributed by atoms with Gasteiger partial charge in [-0.05, 0) is 17.7 Å². The first kappa shape index (κ1) is 14.8. The molecule has 1 aromatic heterocycles. The van der Waals surface area contributed by atoms with E-state index in [4.69, 9.17) is 11.6 Å². The van der Waals surface area contributed by atoms with E-state index in [0.29, 0.717) is 21.6 Å². The number of rotatable bonds is 4. The second-order valence-corrected chi connectivity index (χ2v) is 5.99. The maximum Gasteiger partial charge on any atom is 0.278 e. The Morgan fingerprint density at radius 1 is 1.05 bits per heavy atom. The van der Waals surface area contributed by atoms with Gasteiger partial charge in [-0.15, -0.1) is 10.2 Å². The Hall–Kier alpha value is -2.11. The van der Waals surface area contributed by atoms with Gasteiger partial charge in [0.1, 0.15) is 0 Å². The highest BCUT2D eigenvalue weighted by Gasteiger charge is 2.07. The largest absolute Gasteiger partial charge is 0.298 e. The number of aromatic amines is 1. The molecule has 2 aromatic carbocycles. The zero-order valence-electron chi connectivity index (χ0n) is 11.5. The molecule has 0 aliphatic carbocycles. The third-order valence-electron chi connectivity index (χ3n) is 2.99. The minimum absolute atomic E-state index is 0.241. The predicted octanol–water partition coefficient (Wildman–Crippen LogP) is 3.78. The fourth-order valence-electron chi connectivity index (χ4n) is 1.95. The van der Waals surface area contributed by atoms with Crippen molar-refractivity contribution in [3.05, 3.63) is 75.5 Å². The van der Waals surface area contributed by atoms with Crippen molar-refractivity contribution in [3.63, 3.8) is 0 Å². The number of H-pyrrole nitrogens is 1. The van der Waals surface area contributed by atoms with Crippen LogP contribution in [0, 0.1) is 0 Å². The molecule has 0 bridgehead atoms. The minimum atomic E-state index is -0.241. The molecule has 0 fully saturated rings. The van der Waals surface area contributed by atoms with E-state index in [9.17, 15) is 4.79 Å². The lowest BCUT2D eigenvalue weighted by atomic mass is 10.2. The summed E-state index contributed by atoms with van der Waals surface area (Å²) < 4.78 is 0. The SMILES string of the molecule is O=c1[nH]c(SCc2cccc(Cl)c2)nnc1-c1ccccc1. The van der Waals surface area contributed by atoms with Crippen LogP contribution in [0.3, 0.4) is 0 Å². The van der Waals surface area contributed by atoms with Crippen LogP contribution >= 0.6 is 23.4 Å². The van der Waals surface area contributed by atoms with Gasteiger partial charge in [0, 0.05) is 16.3 Å². The number of hydrogen-bond donors (Lipinski definition) is 1. The molecule has 6 heteroatoms. The Morgan fingerprint density at radius 3 is 2.59 bits per heavy atom. The van der Waals surface area contributed by atoms with E-state index in [0.717, 1.165) is 11.1 Å². The highest BCUT2D eigenvalue weighted by molar-refractivity contribution is 7.98. The topological polar surface area (TPSA) is 58.6 Å². The van der Waals surface area contributed by atoms with E-state index >= 15 is 0 Å². The van der Waals surface area contributed by atoms with Crippen molar-refractivity contribution in [2.45, 2.75) is 10.9 Å². The van der Waals surface area contributed by atoms with Crippen molar-refractivity contribution in [2.24, 2.45) is 0 Å². The van der Waals surface area contributed by atoms with E-state index < -0.39 is 0 Å². The van der Waals surface area contributed by atoms with Crippen LogP contribution < -0.4 is 5.56 Å². The molecule has 3 rings (SSSR count). The molecule has 0 radical (unpaired) electrons. The van der Waals surface area contributed by atoms with Crippen LogP contribution in [0.5, 0.6) is 0 Å². The molecule has 3 aromatic rings. The molecular formula is C16H12ClN3OS. The van der Waals surface area contributed by atoms with Gasteiger partial charge in [0.2, 0.25) is 0 Å². The van der Waals surface area contributed by atoms with Crippen LogP contribution in [0.15, 0.2) is 64.5 Å². The number of thioether (sulfide) groups is 1. The molecule has 4 nitrogen and oxygen atoms in total. The molecule has 1 heterocycles. The van der Waals surface area contributed by atoms with Crippen LogP contribution in [0.25, 0.3) is 11.3 Å². The average Bonchev–Trinajstić information content (AvgIpc) is 2.54. The number of nitrogens with zero attached hydrogens (tertiary/aromatic N) is 2. The number of aromatic nitrogens is 3. The van der Waals surface area contributed by atoms with Crippen LogP contribution in [0.4, 0.5) is 0 Å². The normalized spacial score (nSPS) is 10.6. The third kappa shape index (κ3) is 3.55. The summed E-state index contributed by atoms with van der Waals surface area (Å²) in [7, 11) is 0. The van der Waals surface area contributed by atoms with E-state index in [1.807, 2.05) is 54.6 Å². The molecule has 0 saturated heterocycles. The summed E-state index contributed by atoms with van der Waals surface area (Å²) in [4.78, 5) is 14.9. The molecule has 0 saturated carbocycles. The van der Waals surface area contributed by atoms with Gasteiger partial charge in [-0.3, -0.25) is 9.78 Å². The van der Waals surface area contributed by atoms with Crippen LogP contribution in [0.2, 0.25) is 5.02 Å². The number of halogens is 1. The first-order valence-electron chi connectivity index (χ1n) is 6.62. The van der Waals surface area contributed by atoms with E-state index in [1.165, 1.54) is 11.8 Å². The predicted molar refractivity (Wildman–Crippen MR) is 89.1 cm³/mol. The van der Waals surface area contributed by atoms with Crippen molar-refractivity contribution >= 4 is 23.4 Å². The maximum atomic E-state index is 12.1. The first-order valence-corrected chi connectivity index (χ1v) is 7.98. The van der Waals surface area contributed by atoms with Gasteiger partial charge in [-0.1, -0.05) is 65.8 Å². The van der Waals surface area contributed by atoms with Gasteiger partial charge >= 0.3 is 0 Å². The molecular weight excluding hydrogens is 318 g/mol. The quantitative estimate of drug-likeness (QED) is 0.740. The van der Waals surface area contributed by atoms with Gasteiger partial charge < -0.3 is 0 Å². The minimum Gasteiger partial charge on any atom is -0.298 e. The van der Waals surface area contributed by atoms with Gasteiger partial charge in [0.25, 0.3) is 5.56 Å². The lowest BCUT2D eigenvalue weighted by Gasteiger charge is -2.03. The Morgan fingerprint density at radius 2 is 1.86 bits per heavy atom. The van der Waals surface area contributed by atoms with Gasteiger partial charge in [-0.2, -0.15) is 0 Å². The summed E-state index contributed by atoms with van der Waals surface area (Å²) in [6.45, 7) is 0. The monoisotopic (exact) mass is 329 g/mol. The molecule has 0 spiro atoms. The molecule has 0 unspecified atom stereocenters. The summed E-state index contributed by atoms with van der Waals surface area (Å²) >= 11 is 7.36.